The average molecular weight is 384 g/mol. The van der Waals surface area contributed by atoms with Gasteiger partial charge in [-0.1, -0.05) is 11.6 Å². The fourth-order valence-corrected chi connectivity index (χ4v) is 4.08. The van der Waals surface area contributed by atoms with Crippen LogP contribution in [-0.4, -0.2) is 32.9 Å². The SMILES string of the molecule is CC(=O)NC1CCCC(Nc2cc(-c3c[nH]c4ncccc34)cc(Cl)n2)C1. The molecule has 0 radical (unpaired) electrons. The van der Waals surface area contributed by atoms with Gasteiger partial charge in [0.1, 0.15) is 16.6 Å². The lowest BCUT2D eigenvalue weighted by Gasteiger charge is -2.30. The van der Waals surface area contributed by atoms with Crippen LogP contribution in [0.4, 0.5) is 5.82 Å². The zero-order chi connectivity index (χ0) is 18.8. The Labute approximate surface area is 162 Å². The molecule has 7 heteroatoms. The molecule has 1 aliphatic rings. The summed E-state index contributed by atoms with van der Waals surface area (Å²) in [6, 6.07) is 8.32. The van der Waals surface area contributed by atoms with Gasteiger partial charge in [0.2, 0.25) is 5.91 Å². The molecule has 1 amide bonds. The molecule has 4 rings (SSSR count). The fraction of sp³-hybridized carbons (Fsp3) is 0.350. The highest BCUT2D eigenvalue weighted by atomic mass is 35.5. The molecule has 1 saturated carbocycles. The summed E-state index contributed by atoms with van der Waals surface area (Å²) in [5.41, 5.74) is 2.89. The highest BCUT2D eigenvalue weighted by Crippen LogP contribution is 2.31. The minimum Gasteiger partial charge on any atom is -0.367 e. The number of hydrogen-bond acceptors (Lipinski definition) is 4. The molecule has 1 fully saturated rings. The predicted octanol–water partition coefficient (Wildman–Crippen LogP) is 4.14. The van der Waals surface area contributed by atoms with Gasteiger partial charge in [-0.3, -0.25) is 4.79 Å². The van der Waals surface area contributed by atoms with E-state index in [1.165, 1.54) is 0 Å². The van der Waals surface area contributed by atoms with Crippen LogP contribution in [0.2, 0.25) is 5.15 Å². The summed E-state index contributed by atoms with van der Waals surface area (Å²) in [5, 5.41) is 8.03. The predicted molar refractivity (Wildman–Crippen MR) is 108 cm³/mol. The highest BCUT2D eigenvalue weighted by Gasteiger charge is 2.23. The van der Waals surface area contributed by atoms with Crippen molar-refractivity contribution in [2.45, 2.75) is 44.7 Å². The van der Waals surface area contributed by atoms with Crippen molar-refractivity contribution in [1.29, 1.82) is 0 Å². The first-order valence-electron chi connectivity index (χ1n) is 9.22. The third kappa shape index (κ3) is 4.06. The Morgan fingerprint density at radius 3 is 3.00 bits per heavy atom. The van der Waals surface area contributed by atoms with E-state index >= 15 is 0 Å². The van der Waals surface area contributed by atoms with Crippen LogP contribution in [0, 0.1) is 0 Å². The summed E-state index contributed by atoms with van der Waals surface area (Å²) >= 11 is 6.30. The lowest BCUT2D eigenvalue weighted by Crippen LogP contribution is -2.40. The second-order valence-corrected chi connectivity index (χ2v) is 7.46. The number of anilines is 1. The van der Waals surface area contributed by atoms with E-state index in [0.717, 1.165) is 53.7 Å². The summed E-state index contributed by atoms with van der Waals surface area (Å²) in [7, 11) is 0. The molecule has 0 saturated heterocycles. The number of carbonyl (C=O) groups is 1. The number of nitrogens with one attached hydrogen (secondary N) is 3. The molecular formula is C20H22ClN5O. The van der Waals surface area contributed by atoms with E-state index in [-0.39, 0.29) is 18.0 Å². The smallest absolute Gasteiger partial charge is 0.217 e. The molecule has 3 heterocycles. The number of pyridine rings is 2. The molecule has 0 spiro atoms. The molecule has 6 nitrogen and oxygen atoms in total. The second-order valence-electron chi connectivity index (χ2n) is 7.07. The van der Waals surface area contributed by atoms with Gasteiger partial charge in [0.15, 0.2) is 0 Å². The van der Waals surface area contributed by atoms with E-state index in [9.17, 15) is 4.79 Å². The Morgan fingerprint density at radius 1 is 1.30 bits per heavy atom. The number of H-pyrrole nitrogens is 1. The van der Waals surface area contributed by atoms with E-state index in [2.05, 4.69) is 25.6 Å². The van der Waals surface area contributed by atoms with Gasteiger partial charge in [0.25, 0.3) is 0 Å². The lowest BCUT2D eigenvalue weighted by atomic mass is 9.91. The number of rotatable bonds is 4. The van der Waals surface area contributed by atoms with E-state index < -0.39 is 0 Å². The maximum Gasteiger partial charge on any atom is 0.217 e. The minimum atomic E-state index is 0.0248. The number of aromatic amines is 1. The molecule has 140 valence electrons. The van der Waals surface area contributed by atoms with Crippen LogP contribution in [0.3, 0.4) is 0 Å². The van der Waals surface area contributed by atoms with Crippen LogP contribution in [0.25, 0.3) is 22.2 Å². The van der Waals surface area contributed by atoms with Gasteiger partial charge >= 0.3 is 0 Å². The van der Waals surface area contributed by atoms with Crippen molar-refractivity contribution in [3.05, 3.63) is 41.8 Å². The molecule has 3 aromatic rings. The van der Waals surface area contributed by atoms with Gasteiger partial charge in [0.05, 0.1) is 0 Å². The van der Waals surface area contributed by atoms with Crippen molar-refractivity contribution in [2.24, 2.45) is 0 Å². The van der Waals surface area contributed by atoms with Gasteiger partial charge in [0, 0.05) is 42.4 Å². The van der Waals surface area contributed by atoms with Gasteiger partial charge in [-0.15, -0.1) is 0 Å². The van der Waals surface area contributed by atoms with Crippen molar-refractivity contribution >= 4 is 34.4 Å². The number of amides is 1. The zero-order valence-electron chi connectivity index (χ0n) is 15.1. The zero-order valence-corrected chi connectivity index (χ0v) is 15.9. The standard InChI is InChI=1S/C20H22ClN5O/c1-12(27)24-14-4-2-5-15(10-14)25-19-9-13(8-18(21)26-19)17-11-23-20-16(17)6-3-7-22-20/h3,6-9,11,14-15H,2,4-5,10H2,1H3,(H,22,23)(H,24,27)(H,25,26). The Balaban J connectivity index is 1.57. The summed E-state index contributed by atoms with van der Waals surface area (Å²) < 4.78 is 0. The summed E-state index contributed by atoms with van der Waals surface area (Å²) in [5.74, 6) is 0.779. The highest BCUT2D eigenvalue weighted by molar-refractivity contribution is 6.29. The molecule has 27 heavy (non-hydrogen) atoms. The Morgan fingerprint density at radius 2 is 2.15 bits per heavy atom. The van der Waals surface area contributed by atoms with Crippen LogP contribution < -0.4 is 10.6 Å². The van der Waals surface area contributed by atoms with E-state index in [0.29, 0.717) is 5.15 Å². The second kappa shape index (κ2) is 7.56. The van der Waals surface area contributed by atoms with E-state index in [4.69, 9.17) is 11.6 Å². The maximum atomic E-state index is 11.3. The van der Waals surface area contributed by atoms with Gasteiger partial charge < -0.3 is 15.6 Å². The lowest BCUT2D eigenvalue weighted by molar-refractivity contribution is -0.119. The number of hydrogen-bond donors (Lipinski definition) is 3. The molecule has 3 N–H and O–H groups in total. The van der Waals surface area contributed by atoms with Crippen molar-refractivity contribution in [3.8, 4) is 11.1 Å². The summed E-state index contributed by atoms with van der Waals surface area (Å²) in [6.07, 6.45) is 7.75. The molecule has 1 aliphatic carbocycles. The van der Waals surface area contributed by atoms with Crippen LogP contribution in [0.1, 0.15) is 32.6 Å². The molecular weight excluding hydrogens is 362 g/mol. The first kappa shape index (κ1) is 17.8. The quantitative estimate of drug-likeness (QED) is 0.591. The van der Waals surface area contributed by atoms with Gasteiger partial charge in [-0.25, -0.2) is 9.97 Å². The third-order valence-corrected chi connectivity index (χ3v) is 5.18. The maximum absolute atomic E-state index is 11.3. The van der Waals surface area contributed by atoms with Crippen LogP contribution >= 0.6 is 11.6 Å². The van der Waals surface area contributed by atoms with E-state index in [1.807, 2.05) is 30.5 Å². The minimum absolute atomic E-state index is 0.0248. The van der Waals surface area contributed by atoms with Gasteiger partial charge in [-0.2, -0.15) is 0 Å². The first-order chi connectivity index (χ1) is 13.1. The number of carbonyl (C=O) groups excluding carboxylic acids is 1. The van der Waals surface area contributed by atoms with Crippen molar-refractivity contribution in [2.75, 3.05) is 5.32 Å². The Kier molecular flexibility index (Phi) is 4.99. The summed E-state index contributed by atoms with van der Waals surface area (Å²) in [6.45, 7) is 1.57. The number of aromatic nitrogens is 3. The molecule has 3 aromatic heterocycles. The number of nitrogens with zero attached hydrogens (tertiary/aromatic N) is 2. The number of fused-ring (bicyclic) bond motifs is 1. The number of halogens is 1. The topological polar surface area (TPSA) is 82.7 Å². The monoisotopic (exact) mass is 383 g/mol. The molecule has 0 bridgehead atoms. The van der Waals surface area contributed by atoms with Crippen molar-refractivity contribution in [3.63, 3.8) is 0 Å². The fourth-order valence-electron chi connectivity index (χ4n) is 3.87. The van der Waals surface area contributed by atoms with Crippen LogP contribution in [0.5, 0.6) is 0 Å². The normalized spacial score (nSPS) is 19.8. The third-order valence-electron chi connectivity index (χ3n) is 4.99. The Hall–Kier alpha value is -2.60. The molecule has 0 aliphatic heterocycles. The van der Waals surface area contributed by atoms with E-state index in [1.54, 1.807) is 13.1 Å². The molecule has 2 unspecified atom stereocenters. The molecule has 0 aromatic carbocycles. The van der Waals surface area contributed by atoms with Gasteiger partial charge in [-0.05, 0) is 55.5 Å². The van der Waals surface area contributed by atoms with Crippen molar-refractivity contribution in [1.82, 2.24) is 20.3 Å². The average Bonchev–Trinajstić information content (AvgIpc) is 3.05. The van der Waals surface area contributed by atoms with Crippen LogP contribution in [0.15, 0.2) is 36.7 Å². The first-order valence-corrected chi connectivity index (χ1v) is 9.60. The summed E-state index contributed by atoms with van der Waals surface area (Å²) in [4.78, 5) is 23.3. The largest absolute Gasteiger partial charge is 0.367 e. The van der Waals surface area contributed by atoms with Crippen molar-refractivity contribution < 1.29 is 4.79 Å². The molecule has 2 atom stereocenters. The Bertz CT molecular complexity index is 970. The van der Waals surface area contributed by atoms with Crippen LogP contribution in [-0.2, 0) is 4.79 Å².